The second kappa shape index (κ2) is 6.50. The van der Waals surface area contributed by atoms with Crippen molar-refractivity contribution in [2.75, 3.05) is 20.5 Å². The highest BCUT2D eigenvalue weighted by Crippen LogP contribution is 2.16. The van der Waals surface area contributed by atoms with E-state index in [1.165, 1.54) is 14.0 Å². The molecule has 0 fully saturated rings. The van der Waals surface area contributed by atoms with Gasteiger partial charge in [-0.15, -0.1) is 0 Å². The number of hydrogen-bond donors (Lipinski definition) is 0. The van der Waals surface area contributed by atoms with Gasteiger partial charge >= 0.3 is 5.97 Å². The molecule has 1 unspecified atom stereocenters. The molecule has 0 aromatic rings. The number of rotatable bonds is 7. The quantitative estimate of drug-likeness (QED) is 0.343. The zero-order valence-corrected chi connectivity index (χ0v) is 8.74. The molecule has 5 heteroatoms. The van der Waals surface area contributed by atoms with Crippen molar-refractivity contribution >= 4 is 12.3 Å². The highest BCUT2D eigenvalue weighted by Gasteiger charge is 2.35. The van der Waals surface area contributed by atoms with Crippen LogP contribution in [0.1, 0.15) is 20.3 Å². The third-order valence-corrected chi connectivity index (χ3v) is 1.68. The maximum Gasteiger partial charge on any atom is 0.338 e. The van der Waals surface area contributed by atoms with Gasteiger partial charge < -0.3 is 19.0 Å². The Morgan fingerprint density at radius 1 is 1.50 bits per heavy atom. The first-order chi connectivity index (χ1) is 6.60. The van der Waals surface area contributed by atoms with E-state index >= 15 is 0 Å². The van der Waals surface area contributed by atoms with Crippen LogP contribution in [0.5, 0.6) is 0 Å². The van der Waals surface area contributed by atoms with Gasteiger partial charge in [0.25, 0.3) is 0 Å². The molecule has 0 heterocycles. The molecule has 14 heavy (non-hydrogen) atoms. The smallest absolute Gasteiger partial charge is 0.338 e. The molecule has 0 aliphatic rings. The third-order valence-electron chi connectivity index (χ3n) is 1.68. The molecule has 0 aromatic carbocycles. The minimum absolute atomic E-state index is 0.0464. The number of hydrogen-bond acceptors (Lipinski definition) is 5. The number of aldehydes is 1. The van der Waals surface area contributed by atoms with E-state index < -0.39 is 11.6 Å². The molecular weight excluding hydrogens is 188 g/mol. The van der Waals surface area contributed by atoms with Crippen molar-refractivity contribution in [3.05, 3.63) is 0 Å². The van der Waals surface area contributed by atoms with Crippen LogP contribution in [0.4, 0.5) is 0 Å². The Kier molecular flexibility index (Phi) is 6.07. The number of esters is 1. The standard InChI is InChI=1S/C9H16O5/c1-4-13-8(11)9(2,5-6-10)14-7-12-3/h6H,4-5,7H2,1-3H3. The zero-order chi connectivity index (χ0) is 11.0. The fraction of sp³-hybridized carbons (Fsp3) is 0.778. The largest absolute Gasteiger partial charge is 0.464 e. The topological polar surface area (TPSA) is 61.8 Å². The Bertz CT molecular complexity index is 192. The van der Waals surface area contributed by atoms with E-state index in [4.69, 9.17) is 9.47 Å². The molecular formula is C9H16O5. The van der Waals surface area contributed by atoms with Gasteiger partial charge in [0.05, 0.1) is 6.61 Å². The molecule has 0 spiro atoms. The number of carbonyl (C=O) groups is 2. The van der Waals surface area contributed by atoms with E-state index in [1.54, 1.807) is 6.92 Å². The lowest BCUT2D eigenvalue weighted by molar-refractivity contribution is -0.185. The summed E-state index contributed by atoms with van der Waals surface area (Å²) in [5.41, 5.74) is -1.24. The van der Waals surface area contributed by atoms with Crippen molar-refractivity contribution in [2.24, 2.45) is 0 Å². The molecule has 0 rings (SSSR count). The van der Waals surface area contributed by atoms with E-state index in [0.29, 0.717) is 6.29 Å². The summed E-state index contributed by atoms with van der Waals surface area (Å²) in [6.45, 7) is 3.39. The molecule has 0 saturated carbocycles. The number of methoxy groups -OCH3 is 1. The highest BCUT2D eigenvalue weighted by molar-refractivity contribution is 5.82. The van der Waals surface area contributed by atoms with Crippen molar-refractivity contribution in [2.45, 2.75) is 25.9 Å². The van der Waals surface area contributed by atoms with Gasteiger partial charge in [-0.3, -0.25) is 0 Å². The molecule has 82 valence electrons. The lowest BCUT2D eigenvalue weighted by Gasteiger charge is -2.24. The lowest BCUT2D eigenvalue weighted by Crippen LogP contribution is -2.41. The van der Waals surface area contributed by atoms with Gasteiger partial charge in [-0.1, -0.05) is 0 Å². The van der Waals surface area contributed by atoms with Crippen molar-refractivity contribution in [3.63, 3.8) is 0 Å². The van der Waals surface area contributed by atoms with E-state index in [9.17, 15) is 9.59 Å². The summed E-state index contributed by atoms with van der Waals surface area (Å²) in [4.78, 5) is 21.8. The van der Waals surface area contributed by atoms with Gasteiger partial charge in [0.1, 0.15) is 13.1 Å². The Balaban J connectivity index is 4.35. The van der Waals surface area contributed by atoms with Crippen LogP contribution >= 0.6 is 0 Å². The monoisotopic (exact) mass is 204 g/mol. The molecule has 0 amide bonds. The van der Waals surface area contributed by atoms with E-state index in [-0.39, 0.29) is 19.8 Å². The maximum atomic E-state index is 11.4. The van der Waals surface area contributed by atoms with Crippen LogP contribution in [-0.4, -0.2) is 38.4 Å². The first-order valence-corrected chi connectivity index (χ1v) is 4.34. The first-order valence-electron chi connectivity index (χ1n) is 4.34. The lowest BCUT2D eigenvalue weighted by atomic mass is 10.0. The average molecular weight is 204 g/mol. The third kappa shape index (κ3) is 3.85. The summed E-state index contributed by atoms with van der Waals surface area (Å²) in [5.74, 6) is -0.552. The fourth-order valence-corrected chi connectivity index (χ4v) is 0.833. The predicted molar refractivity (Wildman–Crippen MR) is 48.7 cm³/mol. The van der Waals surface area contributed by atoms with Gasteiger partial charge in [0.15, 0.2) is 5.60 Å². The summed E-state index contributed by atoms with van der Waals surface area (Å²) >= 11 is 0. The van der Waals surface area contributed by atoms with Gasteiger partial charge in [-0.2, -0.15) is 0 Å². The van der Waals surface area contributed by atoms with Crippen LogP contribution in [0.3, 0.4) is 0 Å². The second-order valence-electron chi connectivity index (χ2n) is 2.87. The second-order valence-corrected chi connectivity index (χ2v) is 2.87. The van der Waals surface area contributed by atoms with Gasteiger partial charge in [-0.25, -0.2) is 4.79 Å². The molecule has 0 N–H and O–H groups in total. The van der Waals surface area contributed by atoms with Crippen LogP contribution in [0, 0.1) is 0 Å². The van der Waals surface area contributed by atoms with Crippen LogP contribution in [0.2, 0.25) is 0 Å². The van der Waals surface area contributed by atoms with Crippen LogP contribution in [0.25, 0.3) is 0 Å². The molecule has 0 aliphatic heterocycles. The average Bonchev–Trinajstić information content (AvgIpc) is 2.15. The van der Waals surface area contributed by atoms with Crippen LogP contribution in [-0.2, 0) is 23.8 Å². The molecule has 0 bridgehead atoms. The maximum absolute atomic E-state index is 11.4. The Hall–Kier alpha value is -0.940. The highest BCUT2D eigenvalue weighted by atomic mass is 16.7. The van der Waals surface area contributed by atoms with Crippen molar-refractivity contribution in [1.82, 2.24) is 0 Å². The minimum Gasteiger partial charge on any atom is -0.464 e. The van der Waals surface area contributed by atoms with Gasteiger partial charge in [0.2, 0.25) is 0 Å². The van der Waals surface area contributed by atoms with Crippen LogP contribution < -0.4 is 0 Å². The first kappa shape index (κ1) is 13.1. The van der Waals surface area contributed by atoms with Crippen molar-refractivity contribution in [3.8, 4) is 0 Å². The Labute approximate surface area is 83.3 Å². The number of ether oxygens (including phenoxy) is 3. The Morgan fingerprint density at radius 2 is 2.14 bits per heavy atom. The van der Waals surface area contributed by atoms with Crippen molar-refractivity contribution < 1.29 is 23.8 Å². The van der Waals surface area contributed by atoms with E-state index in [2.05, 4.69) is 4.74 Å². The molecule has 0 saturated heterocycles. The SMILES string of the molecule is CCOC(=O)C(C)(CC=O)OCOC. The molecule has 1 atom stereocenters. The van der Waals surface area contributed by atoms with Crippen LogP contribution in [0.15, 0.2) is 0 Å². The summed E-state index contributed by atoms with van der Waals surface area (Å²) in [6, 6.07) is 0. The zero-order valence-electron chi connectivity index (χ0n) is 8.74. The summed E-state index contributed by atoms with van der Waals surface area (Å²) in [7, 11) is 1.44. The molecule has 0 radical (unpaired) electrons. The Morgan fingerprint density at radius 3 is 2.57 bits per heavy atom. The fourth-order valence-electron chi connectivity index (χ4n) is 0.833. The van der Waals surface area contributed by atoms with E-state index in [1.807, 2.05) is 0 Å². The summed E-state index contributed by atoms with van der Waals surface area (Å²) in [6.07, 6.45) is 0.571. The minimum atomic E-state index is -1.24. The predicted octanol–water partition coefficient (Wildman–Crippen LogP) is 0.518. The van der Waals surface area contributed by atoms with Gasteiger partial charge in [0, 0.05) is 13.5 Å². The normalized spacial score (nSPS) is 14.5. The summed E-state index contributed by atoms with van der Waals surface area (Å²) in [5, 5.41) is 0. The summed E-state index contributed by atoms with van der Waals surface area (Å²) < 4.78 is 14.5. The van der Waals surface area contributed by atoms with E-state index in [0.717, 1.165) is 0 Å². The van der Waals surface area contributed by atoms with Gasteiger partial charge in [-0.05, 0) is 13.8 Å². The number of carbonyl (C=O) groups excluding carboxylic acids is 2. The molecule has 5 nitrogen and oxygen atoms in total. The van der Waals surface area contributed by atoms with Crippen molar-refractivity contribution in [1.29, 1.82) is 0 Å². The molecule has 0 aromatic heterocycles. The molecule has 0 aliphatic carbocycles.